The van der Waals surface area contributed by atoms with Crippen LogP contribution in [0.15, 0.2) is 42.5 Å². The lowest BCUT2D eigenvalue weighted by atomic mass is 10.1. The molecule has 2 aliphatic heterocycles. The summed E-state index contributed by atoms with van der Waals surface area (Å²) in [5.74, 6) is 1.60. The molecule has 0 unspecified atom stereocenters. The fraction of sp³-hybridized carbons (Fsp3) is 0.261. The average molecular weight is 441 g/mol. The minimum atomic E-state index is -0.337. The third-order valence-corrected chi connectivity index (χ3v) is 6.22. The Kier molecular flexibility index (Phi) is 5.48. The lowest BCUT2D eigenvalue weighted by Crippen LogP contribution is -2.25. The number of benzene rings is 2. The van der Waals surface area contributed by atoms with Gasteiger partial charge >= 0.3 is 0 Å². The maximum Gasteiger partial charge on any atom is 0.261 e. The predicted molar refractivity (Wildman–Crippen MR) is 113 cm³/mol. The molecule has 3 aromatic rings. The molecule has 0 atom stereocenters. The van der Waals surface area contributed by atoms with E-state index in [-0.39, 0.29) is 18.5 Å². The Morgan fingerprint density at radius 2 is 1.90 bits per heavy atom. The molecular weight excluding hydrogens is 421 g/mol. The number of thiophene rings is 1. The maximum absolute atomic E-state index is 13.9. The Labute approximate surface area is 182 Å². The lowest BCUT2D eigenvalue weighted by molar-refractivity contribution is -0.0172. The van der Waals surface area contributed by atoms with Crippen LogP contribution in [0.25, 0.3) is 10.4 Å². The van der Waals surface area contributed by atoms with Crippen LogP contribution in [0.2, 0.25) is 0 Å². The molecule has 5 rings (SSSR count). The molecule has 1 N–H and O–H groups in total. The van der Waals surface area contributed by atoms with Crippen LogP contribution in [0.3, 0.4) is 0 Å². The normalized spacial score (nSPS) is 14.5. The van der Waals surface area contributed by atoms with E-state index in [1.807, 2.05) is 24.3 Å². The first-order valence-electron chi connectivity index (χ1n) is 9.97. The quantitative estimate of drug-likeness (QED) is 0.644. The van der Waals surface area contributed by atoms with E-state index in [2.05, 4.69) is 5.32 Å². The summed E-state index contributed by atoms with van der Waals surface area (Å²) in [6.45, 7) is 1.92. The second-order valence-electron chi connectivity index (χ2n) is 7.19. The maximum atomic E-state index is 13.9. The van der Waals surface area contributed by atoms with Gasteiger partial charge in [-0.3, -0.25) is 4.79 Å². The van der Waals surface area contributed by atoms with Crippen molar-refractivity contribution in [3.63, 3.8) is 0 Å². The van der Waals surface area contributed by atoms with Crippen molar-refractivity contribution in [2.45, 2.75) is 13.0 Å². The zero-order valence-electron chi connectivity index (χ0n) is 16.6. The number of rotatable bonds is 5. The molecule has 0 saturated carbocycles. The van der Waals surface area contributed by atoms with Gasteiger partial charge in [0.05, 0.1) is 11.5 Å². The molecule has 6 nitrogen and oxygen atoms in total. The molecule has 0 aliphatic carbocycles. The Hall–Kier alpha value is -3.10. The van der Waals surface area contributed by atoms with Gasteiger partial charge in [0.15, 0.2) is 18.3 Å². The van der Waals surface area contributed by atoms with Crippen LogP contribution in [0, 0.1) is 5.82 Å². The molecule has 2 aliphatic rings. The second kappa shape index (κ2) is 8.56. The van der Waals surface area contributed by atoms with Gasteiger partial charge in [0.2, 0.25) is 0 Å². The molecular formula is C23H20FNO5S. The topological polar surface area (TPSA) is 66.0 Å². The summed E-state index contributed by atoms with van der Waals surface area (Å²) in [6.07, 6.45) is 0.465. The molecule has 0 bridgehead atoms. The van der Waals surface area contributed by atoms with E-state index >= 15 is 0 Å². The standard InChI is InChI=1S/C23H20FNO5S/c24-17-9-15(22-16(10-17)12-27-13-30-22)5-6-25-23(26)21-4-3-20(31-21)14-1-2-18-19(11-14)29-8-7-28-18/h1-4,9-11H,5-8,12-13H2,(H,25,26). The Morgan fingerprint density at radius 1 is 1.03 bits per heavy atom. The number of ether oxygens (including phenoxy) is 4. The van der Waals surface area contributed by atoms with Gasteiger partial charge in [-0.05, 0) is 60.0 Å². The van der Waals surface area contributed by atoms with E-state index in [0.717, 1.165) is 21.8 Å². The lowest BCUT2D eigenvalue weighted by Gasteiger charge is -2.20. The van der Waals surface area contributed by atoms with Gasteiger partial charge in [0.1, 0.15) is 24.8 Å². The minimum Gasteiger partial charge on any atom is -0.486 e. The summed E-state index contributed by atoms with van der Waals surface area (Å²) < 4.78 is 35.8. The smallest absolute Gasteiger partial charge is 0.261 e. The first-order chi connectivity index (χ1) is 15.2. The van der Waals surface area contributed by atoms with E-state index in [1.54, 1.807) is 6.07 Å². The highest BCUT2D eigenvalue weighted by Crippen LogP contribution is 2.37. The number of carbonyl (C=O) groups is 1. The molecule has 0 saturated heterocycles. The highest BCUT2D eigenvalue weighted by molar-refractivity contribution is 7.17. The predicted octanol–water partition coefficient (Wildman–Crippen LogP) is 4.16. The van der Waals surface area contributed by atoms with Crippen LogP contribution in [-0.4, -0.2) is 32.5 Å². The average Bonchev–Trinajstić information content (AvgIpc) is 3.29. The summed E-state index contributed by atoms with van der Waals surface area (Å²) in [5.41, 5.74) is 2.38. The van der Waals surface area contributed by atoms with Crippen LogP contribution in [0.4, 0.5) is 4.39 Å². The monoisotopic (exact) mass is 441 g/mol. The van der Waals surface area contributed by atoms with Crippen molar-refractivity contribution in [3.8, 4) is 27.7 Å². The SMILES string of the molecule is O=C(NCCc1cc(F)cc2c1OCOC2)c1ccc(-c2ccc3c(c2)OCCO3)s1. The summed E-state index contributed by atoms with van der Waals surface area (Å²) >= 11 is 1.41. The highest BCUT2D eigenvalue weighted by Gasteiger charge is 2.18. The van der Waals surface area contributed by atoms with Gasteiger partial charge in [-0.1, -0.05) is 0 Å². The fourth-order valence-electron chi connectivity index (χ4n) is 3.65. The van der Waals surface area contributed by atoms with Gasteiger partial charge in [-0.2, -0.15) is 0 Å². The van der Waals surface area contributed by atoms with Crippen molar-refractivity contribution < 1.29 is 28.1 Å². The number of halogens is 1. The van der Waals surface area contributed by atoms with Crippen molar-refractivity contribution in [1.82, 2.24) is 5.32 Å². The Morgan fingerprint density at radius 3 is 2.81 bits per heavy atom. The molecule has 2 aromatic carbocycles. The van der Waals surface area contributed by atoms with E-state index in [1.165, 1.54) is 23.5 Å². The van der Waals surface area contributed by atoms with E-state index in [9.17, 15) is 9.18 Å². The van der Waals surface area contributed by atoms with Crippen molar-refractivity contribution in [2.75, 3.05) is 26.6 Å². The summed E-state index contributed by atoms with van der Waals surface area (Å²) in [6, 6.07) is 12.4. The molecule has 0 spiro atoms. The fourth-order valence-corrected chi connectivity index (χ4v) is 4.57. The van der Waals surface area contributed by atoms with Gasteiger partial charge in [-0.15, -0.1) is 11.3 Å². The first-order valence-corrected chi connectivity index (χ1v) is 10.8. The Bertz CT molecular complexity index is 1130. The molecule has 0 radical (unpaired) electrons. The van der Waals surface area contributed by atoms with Crippen LogP contribution >= 0.6 is 11.3 Å². The van der Waals surface area contributed by atoms with E-state index < -0.39 is 0 Å². The van der Waals surface area contributed by atoms with Crippen LogP contribution in [-0.2, 0) is 17.8 Å². The van der Waals surface area contributed by atoms with Crippen LogP contribution in [0.1, 0.15) is 20.8 Å². The minimum absolute atomic E-state index is 0.149. The summed E-state index contributed by atoms with van der Waals surface area (Å²) in [7, 11) is 0. The zero-order valence-corrected chi connectivity index (χ0v) is 17.4. The van der Waals surface area contributed by atoms with Gasteiger partial charge in [-0.25, -0.2) is 4.39 Å². The summed E-state index contributed by atoms with van der Waals surface area (Å²) in [5, 5.41) is 2.91. The number of carbonyl (C=O) groups excluding carboxylic acids is 1. The van der Waals surface area contributed by atoms with Gasteiger partial charge < -0.3 is 24.3 Å². The zero-order chi connectivity index (χ0) is 21.2. The third kappa shape index (κ3) is 4.22. The molecule has 31 heavy (non-hydrogen) atoms. The van der Waals surface area contributed by atoms with Crippen LogP contribution < -0.4 is 19.5 Å². The number of hydrogen-bond donors (Lipinski definition) is 1. The number of amides is 1. The van der Waals surface area contributed by atoms with Crippen molar-refractivity contribution in [3.05, 3.63) is 64.3 Å². The van der Waals surface area contributed by atoms with Crippen molar-refractivity contribution in [1.29, 1.82) is 0 Å². The molecule has 8 heteroatoms. The molecule has 1 aromatic heterocycles. The van der Waals surface area contributed by atoms with Crippen molar-refractivity contribution in [2.24, 2.45) is 0 Å². The number of hydrogen-bond acceptors (Lipinski definition) is 6. The first kappa shape index (κ1) is 19.8. The molecule has 0 fully saturated rings. The van der Waals surface area contributed by atoms with E-state index in [4.69, 9.17) is 18.9 Å². The Balaban J connectivity index is 1.23. The molecule has 1 amide bonds. The molecule has 160 valence electrons. The molecule has 3 heterocycles. The van der Waals surface area contributed by atoms with Crippen molar-refractivity contribution >= 4 is 17.2 Å². The van der Waals surface area contributed by atoms with Crippen LogP contribution in [0.5, 0.6) is 17.2 Å². The highest BCUT2D eigenvalue weighted by atomic mass is 32.1. The van der Waals surface area contributed by atoms with E-state index in [0.29, 0.717) is 54.7 Å². The third-order valence-electron chi connectivity index (χ3n) is 5.09. The number of nitrogens with one attached hydrogen (secondary N) is 1. The summed E-state index contributed by atoms with van der Waals surface area (Å²) in [4.78, 5) is 14.2. The number of fused-ring (bicyclic) bond motifs is 2. The second-order valence-corrected chi connectivity index (χ2v) is 8.28. The largest absolute Gasteiger partial charge is 0.486 e. The van der Waals surface area contributed by atoms with Gasteiger partial charge in [0.25, 0.3) is 5.91 Å². The van der Waals surface area contributed by atoms with Gasteiger partial charge in [0, 0.05) is 17.0 Å².